The van der Waals surface area contributed by atoms with Gasteiger partial charge in [0.05, 0.1) is 20.3 Å². The fourth-order valence-corrected chi connectivity index (χ4v) is 2.85. The van der Waals surface area contributed by atoms with Gasteiger partial charge in [-0.1, -0.05) is 15.9 Å². The smallest absolute Gasteiger partial charge is 0.166 e. The zero-order valence-corrected chi connectivity index (χ0v) is 13.0. The first-order valence-electron chi connectivity index (χ1n) is 6.53. The molecular formula is C14H20BrNO3. The third kappa shape index (κ3) is 3.84. The molecule has 1 saturated carbocycles. The Bertz CT molecular complexity index is 419. The Balaban J connectivity index is 2.24. The molecule has 0 saturated heterocycles. The average molecular weight is 330 g/mol. The minimum Gasteiger partial charge on any atom is -0.493 e. The molecule has 4 nitrogen and oxygen atoms in total. The van der Waals surface area contributed by atoms with Gasteiger partial charge in [0.15, 0.2) is 11.5 Å². The van der Waals surface area contributed by atoms with Crippen LogP contribution in [0, 0.1) is 0 Å². The molecular weight excluding hydrogens is 310 g/mol. The van der Waals surface area contributed by atoms with Crippen LogP contribution in [0.1, 0.15) is 31.2 Å². The second kappa shape index (κ2) is 7.12. The van der Waals surface area contributed by atoms with Gasteiger partial charge in [0.2, 0.25) is 0 Å². The molecule has 0 aliphatic heterocycles. The summed E-state index contributed by atoms with van der Waals surface area (Å²) in [5, 5.41) is 0. The fourth-order valence-electron chi connectivity index (χ4n) is 2.36. The molecule has 2 rings (SSSR count). The van der Waals surface area contributed by atoms with Gasteiger partial charge in [0.25, 0.3) is 0 Å². The van der Waals surface area contributed by atoms with Crippen molar-refractivity contribution in [3.05, 3.63) is 22.2 Å². The molecule has 1 aromatic carbocycles. The zero-order valence-electron chi connectivity index (χ0n) is 11.4. The summed E-state index contributed by atoms with van der Waals surface area (Å²) in [5.41, 5.74) is 3.88. The number of hydroxylamine groups is 1. The molecule has 0 radical (unpaired) electrons. The molecule has 0 amide bonds. The Kier molecular flexibility index (Phi) is 5.48. The van der Waals surface area contributed by atoms with Gasteiger partial charge >= 0.3 is 0 Å². The van der Waals surface area contributed by atoms with Gasteiger partial charge in [-0.25, -0.2) is 0 Å². The minimum absolute atomic E-state index is 0.302. The maximum atomic E-state index is 6.14. The molecule has 0 atom stereocenters. The van der Waals surface area contributed by atoms with Crippen LogP contribution < -0.4 is 15.0 Å². The van der Waals surface area contributed by atoms with Gasteiger partial charge in [-0.15, -0.1) is 0 Å². The third-order valence-electron chi connectivity index (χ3n) is 3.31. The van der Waals surface area contributed by atoms with Crippen molar-refractivity contribution in [3.63, 3.8) is 0 Å². The molecule has 1 N–H and O–H groups in total. The minimum atomic E-state index is 0.302. The molecule has 0 heterocycles. The highest BCUT2D eigenvalue weighted by atomic mass is 79.9. The Morgan fingerprint density at radius 1 is 1.26 bits per heavy atom. The summed E-state index contributed by atoms with van der Waals surface area (Å²) in [5.74, 6) is 1.58. The van der Waals surface area contributed by atoms with Crippen molar-refractivity contribution in [2.75, 3.05) is 14.2 Å². The Labute approximate surface area is 122 Å². The number of halogens is 1. The first kappa shape index (κ1) is 14.6. The molecule has 19 heavy (non-hydrogen) atoms. The summed E-state index contributed by atoms with van der Waals surface area (Å²) in [4.78, 5) is 4.92. The lowest BCUT2D eigenvalue weighted by Gasteiger charge is -2.19. The predicted octanol–water partition coefficient (Wildman–Crippen LogP) is 3.43. The second-order valence-corrected chi connectivity index (χ2v) is 5.56. The van der Waals surface area contributed by atoms with E-state index in [0.29, 0.717) is 12.6 Å². The number of hydrogen-bond acceptors (Lipinski definition) is 4. The quantitative estimate of drug-likeness (QED) is 0.811. The summed E-state index contributed by atoms with van der Waals surface area (Å²) in [7, 11) is 3.27. The normalized spacial score (nSPS) is 15.7. The highest BCUT2D eigenvalue weighted by Crippen LogP contribution is 2.37. The maximum absolute atomic E-state index is 6.14. The number of benzene rings is 1. The predicted molar refractivity (Wildman–Crippen MR) is 77.4 cm³/mol. The first-order chi connectivity index (χ1) is 9.24. The van der Waals surface area contributed by atoms with Crippen LogP contribution in [0.4, 0.5) is 0 Å². The standard InChI is InChI=1S/C14H20BrNO3/c1-17-13-8-11(15)7-10(9-16-18-2)14(13)19-12-5-3-4-6-12/h7-8,12,16H,3-6,9H2,1-2H3. The molecule has 106 valence electrons. The molecule has 0 aromatic heterocycles. The lowest BCUT2D eigenvalue weighted by Crippen LogP contribution is -2.16. The number of rotatable bonds is 6. The van der Waals surface area contributed by atoms with E-state index in [1.165, 1.54) is 12.8 Å². The number of ether oxygens (including phenoxy) is 2. The van der Waals surface area contributed by atoms with Crippen LogP contribution in [0.25, 0.3) is 0 Å². The number of nitrogens with one attached hydrogen (secondary N) is 1. The van der Waals surface area contributed by atoms with E-state index in [9.17, 15) is 0 Å². The monoisotopic (exact) mass is 329 g/mol. The van der Waals surface area contributed by atoms with Crippen molar-refractivity contribution in [2.24, 2.45) is 0 Å². The molecule has 5 heteroatoms. The Morgan fingerprint density at radius 2 is 2.00 bits per heavy atom. The molecule has 0 spiro atoms. The van der Waals surface area contributed by atoms with Crippen molar-refractivity contribution in [1.82, 2.24) is 5.48 Å². The van der Waals surface area contributed by atoms with Gasteiger partial charge in [0.1, 0.15) is 0 Å². The van der Waals surface area contributed by atoms with Crippen LogP contribution in [-0.2, 0) is 11.4 Å². The van der Waals surface area contributed by atoms with Gasteiger partial charge in [0, 0.05) is 16.6 Å². The van der Waals surface area contributed by atoms with Gasteiger partial charge < -0.3 is 14.3 Å². The summed E-state index contributed by atoms with van der Waals surface area (Å²) in [6.45, 7) is 0.578. The molecule has 1 fully saturated rings. The van der Waals surface area contributed by atoms with E-state index in [-0.39, 0.29) is 0 Å². The van der Waals surface area contributed by atoms with Gasteiger partial charge in [-0.05, 0) is 37.8 Å². The van der Waals surface area contributed by atoms with E-state index in [1.807, 2.05) is 12.1 Å². The summed E-state index contributed by atoms with van der Waals surface area (Å²) >= 11 is 3.49. The van der Waals surface area contributed by atoms with Crippen molar-refractivity contribution in [1.29, 1.82) is 0 Å². The van der Waals surface area contributed by atoms with E-state index in [2.05, 4.69) is 21.4 Å². The van der Waals surface area contributed by atoms with Gasteiger partial charge in [-0.2, -0.15) is 5.48 Å². The van der Waals surface area contributed by atoms with Crippen molar-refractivity contribution >= 4 is 15.9 Å². The molecule has 1 aliphatic carbocycles. The van der Waals surface area contributed by atoms with Crippen LogP contribution in [-0.4, -0.2) is 20.3 Å². The molecule has 1 aliphatic rings. The third-order valence-corrected chi connectivity index (χ3v) is 3.77. The van der Waals surface area contributed by atoms with Crippen LogP contribution in [0.15, 0.2) is 16.6 Å². The SMILES string of the molecule is CONCc1cc(Br)cc(OC)c1OC1CCCC1. The topological polar surface area (TPSA) is 39.7 Å². The maximum Gasteiger partial charge on any atom is 0.166 e. The molecule has 1 aromatic rings. The fraction of sp³-hybridized carbons (Fsp3) is 0.571. The Morgan fingerprint density at radius 3 is 2.63 bits per heavy atom. The molecule has 0 unspecified atom stereocenters. The first-order valence-corrected chi connectivity index (χ1v) is 7.32. The van der Waals surface area contributed by atoms with Crippen molar-refractivity contribution in [2.45, 2.75) is 38.3 Å². The lowest BCUT2D eigenvalue weighted by atomic mass is 10.1. The summed E-state index contributed by atoms with van der Waals surface area (Å²) in [6.07, 6.45) is 5.04. The van der Waals surface area contributed by atoms with Crippen LogP contribution in [0.3, 0.4) is 0 Å². The van der Waals surface area contributed by atoms with E-state index in [4.69, 9.17) is 14.3 Å². The van der Waals surface area contributed by atoms with Crippen LogP contribution in [0.5, 0.6) is 11.5 Å². The average Bonchev–Trinajstić information content (AvgIpc) is 2.91. The lowest BCUT2D eigenvalue weighted by molar-refractivity contribution is 0.0851. The number of hydrogen-bond donors (Lipinski definition) is 1. The van der Waals surface area contributed by atoms with Crippen molar-refractivity contribution < 1.29 is 14.3 Å². The highest BCUT2D eigenvalue weighted by molar-refractivity contribution is 9.10. The summed E-state index contributed by atoms with van der Waals surface area (Å²) in [6, 6.07) is 3.96. The van der Waals surface area contributed by atoms with Gasteiger partial charge in [-0.3, -0.25) is 0 Å². The van der Waals surface area contributed by atoms with Crippen LogP contribution in [0.2, 0.25) is 0 Å². The highest BCUT2D eigenvalue weighted by Gasteiger charge is 2.21. The zero-order chi connectivity index (χ0) is 13.7. The van der Waals surface area contributed by atoms with E-state index in [1.54, 1.807) is 14.2 Å². The molecule has 0 bridgehead atoms. The number of methoxy groups -OCH3 is 1. The summed E-state index contributed by atoms with van der Waals surface area (Å²) < 4.78 is 12.5. The van der Waals surface area contributed by atoms with Crippen LogP contribution >= 0.6 is 15.9 Å². The van der Waals surface area contributed by atoms with E-state index in [0.717, 1.165) is 34.4 Å². The Hall–Kier alpha value is -0.780. The largest absolute Gasteiger partial charge is 0.493 e. The van der Waals surface area contributed by atoms with E-state index >= 15 is 0 Å². The van der Waals surface area contributed by atoms with E-state index < -0.39 is 0 Å². The van der Waals surface area contributed by atoms with Crippen molar-refractivity contribution in [3.8, 4) is 11.5 Å². The second-order valence-electron chi connectivity index (χ2n) is 4.65.